The molecule has 0 aromatic heterocycles. The predicted octanol–water partition coefficient (Wildman–Crippen LogP) is 8.88. The average Bonchev–Trinajstić information content (AvgIpc) is 2.50. The maximum atomic E-state index is 6.27. The molecule has 0 unspecified atom stereocenters. The summed E-state index contributed by atoms with van der Waals surface area (Å²) in [5.74, 6) is 1.88. The van der Waals surface area contributed by atoms with Crippen LogP contribution >= 0.6 is 36.6 Å². The van der Waals surface area contributed by atoms with Crippen LogP contribution in [-0.4, -0.2) is 22.6 Å². The summed E-state index contributed by atoms with van der Waals surface area (Å²) in [6.45, 7) is 17.9. The molecule has 0 amide bonds. The molecular weight excluding hydrogens is 452 g/mol. The van der Waals surface area contributed by atoms with Gasteiger partial charge in [0.05, 0.1) is 16.3 Å². The fraction of sp³-hybridized carbons (Fsp3) is 0.684. The van der Waals surface area contributed by atoms with Gasteiger partial charge in [0.2, 0.25) is 0 Å². The van der Waals surface area contributed by atoms with Crippen molar-refractivity contribution in [2.75, 3.05) is 0 Å². The van der Waals surface area contributed by atoms with E-state index in [2.05, 4.69) is 61.5 Å². The molecule has 0 aliphatic carbocycles. The Bertz CT molecular complexity index is 421. The van der Waals surface area contributed by atoms with Gasteiger partial charge >= 0.3 is 33.2 Å². The first-order chi connectivity index (χ1) is 11.6. The van der Waals surface area contributed by atoms with Crippen LogP contribution in [0, 0.1) is 0 Å². The Kier molecular flexibility index (Phi) is 17.5. The Morgan fingerprint density at radius 3 is 1.23 bits per heavy atom. The van der Waals surface area contributed by atoms with Gasteiger partial charge in [0, 0.05) is 28.7 Å². The van der Waals surface area contributed by atoms with Crippen LogP contribution in [0.4, 0.5) is 0 Å². The number of rotatable bonds is 8. The molecule has 0 N–H and O–H groups in total. The van der Waals surface area contributed by atoms with E-state index in [1.807, 2.05) is 18.2 Å². The normalized spacial score (nSPS) is 11.2. The van der Waals surface area contributed by atoms with Crippen LogP contribution < -0.4 is 9.05 Å². The predicted molar refractivity (Wildman–Crippen MR) is 121 cm³/mol. The second-order valence-corrected chi connectivity index (χ2v) is 14.5. The molecule has 0 saturated carbocycles. The second-order valence-electron chi connectivity index (χ2n) is 6.80. The SMILES string of the molecule is C.CC(C)P(Oc1cccc(OP(C(C)C)C(C)C)c1)C(C)C.[Cl][Co][Cl]. The fourth-order valence-electron chi connectivity index (χ4n) is 2.45. The van der Waals surface area contributed by atoms with Gasteiger partial charge in [-0.3, -0.25) is 0 Å². The van der Waals surface area contributed by atoms with Crippen molar-refractivity contribution in [2.45, 2.75) is 85.5 Å². The zero-order valence-electron chi connectivity index (χ0n) is 16.4. The van der Waals surface area contributed by atoms with E-state index in [0.29, 0.717) is 35.5 Å². The molecule has 0 saturated heterocycles. The van der Waals surface area contributed by atoms with Crippen LogP contribution in [0.25, 0.3) is 0 Å². The molecule has 0 atom stereocenters. The molecule has 0 fully saturated rings. The Labute approximate surface area is 179 Å². The van der Waals surface area contributed by atoms with E-state index < -0.39 is 16.3 Å². The van der Waals surface area contributed by atoms with E-state index in [0.717, 1.165) is 11.5 Å². The Hall–Kier alpha value is 0.766. The van der Waals surface area contributed by atoms with Crippen LogP contribution in [0.2, 0.25) is 0 Å². The van der Waals surface area contributed by atoms with Crippen molar-refractivity contribution in [1.29, 1.82) is 0 Å². The topological polar surface area (TPSA) is 18.5 Å². The first-order valence-corrected chi connectivity index (χ1v) is 14.2. The first-order valence-electron chi connectivity index (χ1n) is 8.50. The van der Waals surface area contributed by atoms with Gasteiger partial charge in [0.25, 0.3) is 0 Å². The summed E-state index contributed by atoms with van der Waals surface area (Å²) in [6.07, 6.45) is 0. The minimum absolute atomic E-state index is 0. The summed E-state index contributed by atoms with van der Waals surface area (Å²) < 4.78 is 12.5. The van der Waals surface area contributed by atoms with Crippen molar-refractivity contribution in [3.63, 3.8) is 0 Å². The quantitative estimate of drug-likeness (QED) is 0.340. The van der Waals surface area contributed by atoms with Gasteiger partial charge < -0.3 is 9.05 Å². The molecule has 0 heterocycles. The summed E-state index contributed by atoms with van der Waals surface area (Å²) in [6, 6.07) is 8.17. The number of hydrogen-bond donors (Lipinski definition) is 0. The van der Waals surface area contributed by atoms with Gasteiger partial charge in [0.1, 0.15) is 11.5 Å². The van der Waals surface area contributed by atoms with E-state index in [4.69, 9.17) is 29.3 Å². The van der Waals surface area contributed by atoms with E-state index in [9.17, 15) is 0 Å². The maximum absolute atomic E-state index is 6.27. The molecule has 0 aliphatic rings. The van der Waals surface area contributed by atoms with Crippen molar-refractivity contribution in [3.05, 3.63) is 24.3 Å². The Morgan fingerprint density at radius 1 is 0.731 bits per heavy atom. The Balaban J connectivity index is 0. The summed E-state index contributed by atoms with van der Waals surface area (Å²) in [7, 11) is 8.54. The average molecular weight is 488 g/mol. The third-order valence-electron chi connectivity index (χ3n) is 3.26. The molecule has 1 aromatic carbocycles. The van der Waals surface area contributed by atoms with Gasteiger partial charge in [-0.2, -0.15) is 0 Å². The Morgan fingerprint density at radius 2 is 1.00 bits per heavy atom. The van der Waals surface area contributed by atoms with Gasteiger partial charge in [-0.1, -0.05) is 68.9 Å². The number of halogens is 2. The van der Waals surface area contributed by atoms with E-state index in [-0.39, 0.29) is 7.43 Å². The van der Waals surface area contributed by atoms with Crippen molar-refractivity contribution in [2.24, 2.45) is 0 Å². The van der Waals surface area contributed by atoms with Gasteiger partial charge in [-0.25, -0.2) is 0 Å². The van der Waals surface area contributed by atoms with Crippen molar-refractivity contribution >= 4 is 36.6 Å². The molecule has 1 aromatic rings. The molecule has 26 heavy (non-hydrogen) atoms. The van der Waals surface area contributed by atoms with E-state index in [1.54, 1.807) is 0 Å². The molecular formula is C19H36Cl2CoO2P2. The second kappa shape index (κ2) is 15.7. The molecule has 157 valence electrons. The molecule has 0 bridgehead atoms. The van der Waals surface area contributed by atoms with Crippen molar-refractivity contribution in [3.8, 4) is 11.5 Å². The van der Waals surface area contributed by atoms with Crippen LogP contribution in [0.5, 0.6) is 11.5 Å². The van der Waals surface area contributed by atoms with Crippen LogP contribution in [0.15, 0.2) is 24.3 Å². The molecule has 1 rings (SSSR count). The third-order valence-corrected chi connectivity index (χ3v) is 8.18. The zero-order chi connectivity index (χ0) is 19.6. The molecule has 0 aliphatic heterocycles. The number of hydrogen-bond acceptors (Lipinski definition) is 2. The fourth-order valence-corrected chi connectivity index (χ4v) is 6.39. The summed E-state index contributed by atoms with van der Waals surface area (Å²) in [5.41, 5.74) is 2.23. The van der Waals surface area contributed by atoms with Crippen LogP contribution in [0.3, 0.4) is 0 Å². The third kappa shape index (κ3) is 11.6. The molecule has 2 nitrogen and oxygen atoms in total. The van der Waals surface area contributed by atoms with E-state index in [1.165, 1.54) is 0 Å². The van der Waals surface area contributed by atoms with E-state index >= 15 is 0 Å². The minimum atomic E-state index is -0.463. The van der Waals surface area contributed by atoms with Crippen molar-refractivity contribution < 1.29 is 21.9 Å². The van der Waals surface area contributed by atoms with Crippen LogP contribution in [-0.2, 0) is 12.9 Å². The number of benzene rings is 1. The summed E-state index contributed by atoms with van der Waals surface area (Å²) in [5, 5.41) is 0. The summed E-state index contributed by atoms with van der Waals surface area (Å²) in [4.78, 5) is 0. The van der Waals surface area contributed by atoms with Crippen molar-refractivity contribution in [1.82, 2.24) is 0 Å². The standard InChI is InChI=1S/C18H32O2P2.CH4.2ClH.Co/c1-13(2)21(14(3)4)19-17-10-9-11-18(12-17)20-22(15(5)6)16(7)8;;;;/h9-16H,1-8H3;1H4;2*1H;/q;;;;+2/p-2. The first kappa shape index (κ1) is 29.0. The van der Waals surface area contributed by atoms with Gasteiger partial charge in [-0.05, 0) is 12.1 Å². The monoisotopic (exact) mass is 487 g/mol. The van der Waals surface area contributed by atoms with Gasteiger partial charge in [0.15, 0.2) is 0 Å². The summed E-state index contributed by atoms with van der Waals surface area (Å²) >= 11 is 0.382. The van der Waals surface area contributed by atoms with Gasteiger partial charge in [-0.15, -0.1) is 0 Å². The van der Waals surface area contributed by atoms with Crippen LogP contribution in [0.1, 0.15) is 62.8 Å². The molecule has 0 spiro atoms. The molecule has 0 radical (unpaired) electrons. The molecule has 7 heteroatoms. The zero-order valence-corrected chi connectivity index (χ0v) is 20.8.